The summed E-state index contributed by atoms with van der Waals surface area (Å²) < 4.78 is 5.05. The molecule has 0 aromatic carbocycles. The molecule has 0 fully saturated rings. The standard InChI is InChI=1S/C12H21N3O2/c1-7(2)11(13)12(16)14-6-5-10-8(3)15-17-9(10)4/h7,11H,5-6,13H2,1-4H3,(H,14,16)/t11-/m0/s1. The second-order valence-corrected chi connectivity index (χ2v) is 4.61. The first-order valence-corrected chi connectivity index (χ1v) is 5.88. The van der Waals surface area contributed by atoms with Gasteiger partial charge in [-0.25, -0.2) is 0 Å². The van der Waals surface area contributed by atoms with Crippen molar-refractivity contribution in [1.82, 2.24) is 10.5 Å². The van der Waals surface area contributed by atoms with Gasteiger partial charge in [-0.3, -0.25) is 4.79 Å². The van der Waals surface area contributed by atoms with E-state index in [1.165, 1.54) is 0 Å². The summed E-state index contributed by atoms with van der Waals surface area (Å²) in [4.78, 5) is 11.6. The van der Waals surface area contributed by atoms with Crippen molar-refractivity contribution >= 4 is 5.91 Å². The smallest absolute Gasteiger partial charge is 0.237 e. The molecule has 1 aromatic heterocycles. The molecule has 0 saturated carbocycles. The van der Waals surface area contributed by atoms with E-state index in [1.54, 1.807) is 0 Å². The maximum absolute atomic E-state index is 11.6. The molecule has 0 unspecified atom stereocenters. The van der Waals surface area contributed by atoms with Gasteiger partial charge in [0.25, 0.3) is 0 Å². The first kappa shape index (κ1) is 13.7. The van der Waals surface area contributed by atoms with Gasteiger partial charge >= 0.3 is 0 Å². The highest BCUT2D eigenvalue weighted by atomic mass is 16.5. The van der Waals surface area contributed by atoms with Crippen molar-refractivity contribution in [3.63, 3.8) is 0 Å². The third-order valence-electron chi connectivity index (χ3n) is 2.88. The predicted octanol–water partition coefficient (Wildman–Crippen LogP) is 0.933. The Morgan fingerprint density at radius 2 is 2.12 bits per heavy atom. The zero-order valence-corrected chi connectivity index (χ0v) is 10.9. The van der Waals surface area contributed by atoms with Crippen LogP contribution in [0.3, 0.4) is 0 Å². The number of carbonyl (C=O) groups is 1. The van der Waals surface area contributed by atoms with Crippen LogP contribution in [0.1, 0.15) is 30.9 Å². The molecule has 17 heavy (non-hydrogen) atoms. The number of hydrogen-bond acceptors (Lipinski definition) is 4. The molecule has 0 bridgehead atoms. The number of nitrogens with zero attached hydrogens (tertiary/aromatic N) is 1. The fourth-order valence-corrected chi connectivity index (χ4v) is 1.59. The van der Waals surface area contributed by atoms with Crippen LogP contribution in [-0.2, 0) is 11.2 Å². The summed E-state index contributed by atoms with van der Waals surface area (Å²) in [5.74, 6) is 0.853. The Labute approximate surface area is 102 Å². The van der Waals surface area contributed by atoms with Crippen molar-refractivity contribution in [3.8, 4) is 0 Å². The summed E-state index contributed by atoms with van der Waals surface area (Å²) in [5, 5.41) is 6.69. The molecule has 1 atom stereocenters. The molecule has 0 aliphatic heterocycles. The number of rotatable bonds is 5. The van der Waals surface area contributed by atoms with Crippen molar-refractivity contribution in [2.75, 3.05) is 6.54 Å². The number of nitrogens with one attached hydrogen (secondary N) is 1. The highest BCUT2D eigenvalue weighted by molar-refractivity contribution is 5.81. The van der Waals surface area contributed by atoms with Crippen LogP contribution < -0.4 is 11.1 Å². The van der Waals surface area contributed by atoms with Crippen LogP contribution in [-0.4, -0.2) is 23.7 Å². The Morgan fingerprint density at radius 3 is 2.59 bits per heavy atom. The zero-order valence-electron chi connectivity index (χ0n) is 10.9. The molecule has 0 aliphatic carbocycles. The van der Waals surface area contributed by atoms with Crippen molar-refractivity contribution in [2.45, 2.75) is 40.2 Å². The molecule has 5 heteroatoms. The van der Waals surface area contributed by atoms with E-state index < -0.39 is 6.04 Å². The third-order valence-corrected chi connectivity index (χ3v) is 2.88. The fraction of sp³-hybridized carbons (Fsp3) is 0.667. The highest BCUT2D eigenvalue weighted by Crippen LogP contribution is 2.12. The van der Waals surface area contributed by atoms with Gasteiger partial charge in [-0.15, -0.1) is 0 Å². The largest absolute Gasteiger partial charge is 0.361 e. The van der Waals surface area contributed by atoms with E-state index in [-0.39, 0.29) is 11.8 Å². The van der Waals surface area contributed by atoms with Gasteiger partial charge in [0.05, 0.1) is 11.7 Å². The van der Waals surface area contributed by atoms with E-state index in [9.17, 15) is 4.79 Å². The van der Waals surface area contributed by atoms with E-state index in [1.807, 2.05) is 27.7 Å². The first-order valence-electron chi connectivity index (χ1n) is 5.88. The van der Waals surface area contributed by atoms with Gasteiger partial charge < -0.3 is 15.6 Å². The molecular weight excluding hydrogens is 218 g/mol. The van der Waals surface area contributed by atoms with Gasteiger partial charge in [-0.2, -0.15) is 0 Å². The lowest BCUT2D eigenvalue weighted by atomic mass is 10.0. The molecule has 96 valence electrons. The number of nitrogens with two attached hydrogens (primary N) is 1. The molecule has 3 N–H and O–H groups in total. The quantitative estimate of drug-likeness (QED) is 0.801. The van der Waals surface area contributed by atoms with Crippen molar-refractivity contribution in [3.05, 3.63) is 17.0 Å². The lowest BCUT2D eigenvalue weighted by molar-refractivity contribution is -0.123. The Hall–Kier alpha value is -1.36. The average molecular weight is 239 g/mol. The molecule has 0 aliphatic rings. The second kappa shape index (κ2) is 5.82. The molecule has 0 radical (unpaired) electrons. The molecule has 1 aromatic rings. The number of carbonyl (C=O) groups excluding carboxylic acids is 1. The monoisotopic (exact) mass is 239 g/mol. The van der Waals surface area contributed by atoms with Crippen LogP contribution >= 0.6 is 0 Å². The SMILES string of the molecule is Cc1noc(C)c1CCNC(=O)[C@@H](N)C(C)C. The van der Waals surface area contributed by atoms with Crippen LogP contribution in [0.5, 0.6) is 0 Å². The zero-order chi connectivity index (χ0) is 13.0. The molecule has 5 nitrogen and oxygen atoms in total. The minimum atomic E-state index is -0.445. The topological polar surface area (TPSA) is 81.2 Å². The summed E-state index contributed by atoms with van der Waals surface area (Å²) in [5.41, 5.74) is 7.67. The Bertz CT molecular complexity index is 366. The Morgan fingerprint density at radius 1 is 1.47 bits per heavy atom. The molecule has 0 spiro atoms. The molecule has 1 heterocycles. The Kier molecular flexibility index (Phi) is 4.69. The number of amides is 1. The van der Waals surface area contributed by atoms with E-state index >= 15 is 0 Å². The van der Waals surface area contributed by atoms with Gasteiger partial charge in [0.1, 0.15) is 5.76 Å². The van der Waals surface area contributed by atoms with Gasteiger partial charge in [0, 0.05) is 12.1 Å². The summed E-state index contributed by atoms with van der Waals surface area (Å²) in [7, 11) is 0. The average Bonchev–Trinajstić information content (AvgIpc) is 2.59. The lowest BCUT2D eigenvalue weighted by Crippen LogP contribution is -2.44. The normalized spacial score (nSPS) is 12.8. The third kappa shape index (κ3) is 3.56. The minimum absolute atomic E-state index is 0.105. The second-order valence-electron chi connectivity index (χ2n) is 4.61. The van der Waals surface area contributed by atoms with Gasteiger partial charge in [0.15, 0.2) is 0 Å². The van der Waals surface area contributed by atoms with E-state index in [4.69, 9.17) is 10.3 Å². The summed E-state index contributed by atoms with van der Waals surface area (Å²) >= 11 is 0. The van der Waals surface area contributed by atoms with E-state index in [0.29, 0.717) is 6.54 Å². The first-order chi connectivity index (χ1) is 7.93. The van der Waals surface area contributed by atoms with E-state index in [0.717, 1.165) is 23.4 Å². The van der Waals surface area contributed by atoms with Gasteiger partial charge in [-0.1, -0.05) is 19.0 Å². The maximum atomic E-state index is 11.6. The summed E-state index contributed by atoms with van der Waals surface area (Å²) in [6.07, 6.45) is 0.720. The van der Waals surface area contributed by atoms with Crippen LogP contribution in [0.2, 0.25) is 0 Å². The van der Waals surface area contributed by atoms with Crippen LogP contribution in [0.25, 0.3) is 0 Å². The molecule has 0 saturated heterocycles. The summed E-state index contributed by atoms with van der Waals surface area (Å²) in [6.45, 7) is 8.18. The molecule has 1 rings (SSSR count). The minimum Gasteiger partial charge on any atom is -0.361 e. The van der Waals surface area contributed by atoms with Gasteiger partial charge in [0.2, 0.25) is 5.91 Å². The maximum Gasteiger partial charge on any atom is 0.237 e. The summed E-state index contributed by atoms with van der Waals surface area (Å²) in [6, 6.07) is -0.445. The fourth-order valence-electron chi connectivity index (χ4n) is 1.59. The number of aromatic nitrogens is 1. The lowest BCUT2D eigenvalue weighted by Gasteiger charge is -2.15. The van der Waals surface area contributed by atoms with Crippen LogP contribution in [0.4, 0.5) is 0 Å². The highest BCUT2D eigenvalue weighted by Gasteiger charge is 2.17. The number of hydrogen-bond donors (Lipinski definition) is 2. The van der Waals surface area contributed by atoms with Crippen LogP contribution in [0, 0.1) is 19.8 Å². The van der Waals surface area contributed by atoms with Gasteiger partial charge in [-0.05, 0) is 26.2 Å². The van der Waals surface area contributed by atoms with Crippen molar-refractivity contribution < 1.29 is 9.32 Å². The Balaban J connectivity index is 2.41. The molecular formula is C12H21N3O2. The van der Waals surface area contributed by atoms with Crippen molar-refractivity contribution in [2.24, 2.45) is 11.7 Å². The van der Waals surface area contributed by atoms with E-state index in [2.05, 4.69) is 10.5 Å². The molecule has 1 amide bonds. The van der Waals surface area contributed by atoms with Crippen LogP contribution in [0.15, 0.2) is 4.52 Å². The van der Waals surface area contributed by atoms with Crippen molar-refractivity contribution in [1.29, 1.82) is 0 Å². The predicted molar refractivity (Wildman–Crippen MR) is 65.5 cm³/mol. The number of aryl methyl sites for hydroxylation is 2.